The van der Waals surface area contributed by atoms with Gasteiger partial charge in [-0.25, -0.2) is 0 Å². The van der Waals surface area contributed by atoms with Crippen molar-refractivity contribution in [3.8, 4) is 0 Å². The Morgan fingerprint density at radius 1 is 1.24 bits per heavy atom. The Bertz CT molecular complexity index is 324. The lowest BCUT2D eigenvalue weighted by atomic mass is 10.2. The van der Waals surface area contributed by atoms with Gasteiger partial charge in [-0.05, 0) is 25.1 Å². The Morgan fingerprint density at radius 2 is 1.88 bits per heavy atom. The van der Waals surface area contributed by atoms with Crippen molar-refractivity contribution >= 4 is 5.71 Å². The first-order chi connectivity index (χ1) is 8.38. The van der Waals surface area contributed by atoms with E-state index in [1.807, 2.05) is 65.0 Å². The Hall–Kier alpha value is -1.70. The maximum Gasteiger partial charge on any atom is 0.0885 e. The molecule has 2 nitrogen and oxygen atoms in total. The Kier molecular flexibility index (Phi) is 14.9. The fraction of sp³-hybridized carbons (Fsp3) is 0.333. The van der Waals surface area contributed by atoms with E-state index in [1.54, 1.807) is 6.20 Å². The van der Waals surface area contributed by atoms with Crippen LogP contribution < -0.4 is 0 Å². The summed E-state index contributed by atoms with van der Waals surface area (Å²) in [4.78, 5) is 8.30. The van der Waals surface area contributed by atoms with Crippen LogP contribution in [0, 0.1) is 0 Å². The van der Waals surface area contributed by atoms with Crippen LogP contribution in [0.3, 0.4) is 0 Å². The fourth-order valence-corrected chi connectivity index (χ4v) is 0.965. The quantitative estimate of drug-likeness (QED) is 0.697. The van der Waals surface area contributed by atoms with Crippen LogP contribution in [0.4, 0.5) is 0 Å². The molecule has 1 heterocycles. The molecular weight excluding hydrogens is 208 g/mol. The number of hydrogen-bond acceptors (Lipinski definition) is 2. The molecule has 94 valence electrons. The number of aromatic nitrogens is 1. The van der Waals surface area contributed by atoms with Crippen molar-refractivity contribution in [3.63, 3.8) is 0 Å². The highest BCUT2D eigenvalue weighted by Crippen LogP contribution is 1.98. The summed E-state index contributed by atoms with van der Waals surface area (Å²) in [5.74, 6) is 0. The van der Waals surface area contributed by atoms with Gasteiger partial charge in [-0.2, -0.15) is 0 Å². The number of rotatable bonds is 3. The molecule has 0 N–H and O–H groups in total. The van der Waals surface area contributed by atoms with Crippen molar-refractivity contribution in [2.24, 2.45) is 4.99 Å². The van der Waals surface area contributed by atoms with Crippen LogP contribution in [0.1, 0.15) is 40.3 Å². The van der Waals surface area contributed by atoms with Gasteiger partial charge in [-0.15, -0.1) is 0 Å². The topological polar surface area (TPSA) is 25.2 Å². The molecule has 0 saturated carbocycles. The predicted molar refractivity (Wildman–Crippen MR) is 78.5 cm³/mol. The Balaban J connectivity index is 0. The second kappa shape index (κ2) is 14.3. The van der Waals surface area contributed by atoms with Crippen LogP contribution in [0.15, 0.2) is 54.3 Å². The summed E-state index contributed by atoms with van der Waals surface area (Å²) >= 11 is 0. The molecule has 0 aliphatic heterocycles. The predicted octanol–water partition coefficient (Wildman–Crippen LogP) is 4.64. The van der Waals surface area contributed by atoms with Crippen LogP contribution in [0.5, 0.6) is 0 Å². The van der Waals surface area contributed by atoms with E-state index in [0.717, 1.165) is 11.4 Å². The summed E-state index contributed by atoms with van der Waals surface area (Å²) in [5.41, 5.74) is 1.69. The molecule has 1 aromatic heterocycles. The largest absolute Gasteiger partial charge is 0.255 e. The van der Waals surface area contributed by atoms with E-state index < -0.39 is 0 Å². The molecule has 0 aliphatic carbocycles. The second-order valence-electron chi connectivity index (χ2n) is 2.41. The zero-order valence-electron chi connectivity index (χ0n) is 11.6. The van der Waals surface area contributed by atoms with Crippen LogP contribution in [0.25, 0.3) is 0 Å². The maximum absolute atomic E-state index is 4.19. The van der Waals surface area contributed by atoms with Crippen molar-refractivity contribution in [2.75, 3.05) is 0 Å². The molecule has 0 bridgehead atoms. The summed E-state index contributed by atoms with van der Waals surface area (Å²) < 4.78 is 0. The zero-order chi connectivity index (χ0) is 13.5. The van der Waals surface area contributed by atoms with E-state index in [2.05, 4.69) is 16.6 Å². The molecule has 2 heteroatoms. The average molecular weight is 232 g/mol. The van der Waals surface area contributed by atoms with Gasteiger partial charge in [0, 0.05) is 12.4 Å². The molecule has 0 fully saturated rings. The number of hydrogen-bond donors (Lipinski definition) is 0. The Labute approximate surface area is 106 Å². The van der Waals surface area contributed by atoms with E-state index >= 15 is 0 Å². The van der Waals surface area contributed by atoms with Gasteiger partial charge in [-0.3, -0.25) is 9.98 Å². The average Bonchev–Trinajstić information content (AvgIpc) is 2.44. The first kappa shape index (κ1) is 17.7. The van der Waals surface area contributed by atoms with Crippen LogP contribution in [-0.4, -0.2) is 10.7 Å². The maximum atomic E-state index is 4.19. The van der Waals surface area contributed by atoms with Crippen molar-refractivity contribution in [1.29, 1.82) is 0 Å². The first-order valence-corrected chi connectivity index (χ1v) is 6.11. The third kappa shape index (κ3) is 8.14. The van der Waals surface area contributed by atoms with Crippen molar-refractivity contribution in [3.05, 3.63) is 55.0 Å². The smallest absolute Gasteiger partial charge is 0.0885 e. The molecule has 0 atom stereocenters. The third-order valence-electron chi connectivity index (χ3n) is 1.48. The summed E-state index contributed by atoms with van der Waals surface area (Å²) in [5, 5.41) is 0. The van der Waals surface area contributed by atoms with E-state index in [9.17, 15) is 0 Å². The monoisotopic (exact) mass is 232 g/mol. The first-order valence-electron chi connectivity index (χ1n) is 6.11. The van der Waals surface area contributed by atoms with E-state index in [0.29, 0.717) is 0 Å². The lowest BCUT2D eigenvalue weighted by Crippen LogP contribution is -1.98. The van der Waals surface area contributed by atoms with Gasteiger partial charge in [0.1, 0.15) is 0 Å². The van der Waals surface area contributed by atoms with Crippen molar-refractivity contribution in [2.45, 2.75) is 34.6 Å². The van der Waals surface area contributed by atoms with E-state index in [-0.39, 0.29) is 0 Å². The lowest BCUT2D eigenvalue weighted by molar-refractivity contribution is 1.29. The summed E-state index contributed by atoms with van der Waals surface area (Å²) in [6.07, 6.45) is 7.10. The molecule has 1 rings (SSSR count). The van der Waals surface area contributed by atoms with Gasteiger partial charge in [0.2, 0.25) is 0 Å². The summed E-state index contributed by atoms with van der Waals surface area (Å²) in [7, 11) is 0. The second-order valence-corrected chi connectivity index (χ2v) is 2.41. The van der Waals surface area contributed by atoms with Crippen LogP contribution >= 0.6 is 0 Å². The zero-order valence-corrected chi connectivity index (χ0v) is 11.6. The minimum absolute atomic E-state index is 0.832. The van der Waals surface area contributed by atoms with Crippen LogP contribution in [-0.2, 0) is 0 Å². The molecule has 0 radical (unpaired) electrons. The SMILES string of the molecule is C=CN=C(/C=C\C)c1ccccn1.CC.CC. The lowest BCUT2D eigenvalue weighted by Gasteiger charge is -1.97. The van der Waals surface area contributed by atoms with Crippen molar-refractivity contribution in [1.82, 2.24) is 4.98 Å². The van der Waals surface area contributed by atoms with Gasteiger partial charge >= 0.3 is 0 Å². The normalized spacial score (nSPS) is 9.82. The van der Waals surface area contributed by atoms with Gasteiger partial charge in [0.25, 0.3) is 0 Å². The van der Waals surface area contributed by atoms with Gasteiger partial charge in [0.15, 0.2) is 0 Å². The molecule has 1 aromatic rings. The van der Waals surface area contributed by atoms with Gasteiger partial charge in [-0.1, -0.05) is 46.4 Å². The Morgan fingerprint density at radius 3 is 2.29 bits per heavy atom. The molecule has 0 unspecified atom stereocenters. The number of aliphatic imine (C=N–C) groups is 1. The molecule has 0 amide bonds. The van der Waals surface area contributed by atoms with E-state index in [4.69, 9.17) is 0 Å². The third-order valence-corrected chi connectivity index (χ3v) is 1.48. The molecular formula is C15H24N2. The molecule has 0 aromatic carbocycles. The minimum Gasteiger partial charge on any atom is -0.255 e. The molecule has 17 heavy (non-hydrogen) atoms. The highest BCUT2D eigenvalue weighted by atomic mass is 14.8. The van der Waals surface area contributed by atoms with Gasteiger partial charge < -0.3 is 0 Å². The van der Waals surface area contributed by atoms with Crippen LogP contribution in [0.2, 0.25) is 0 Å². The summed E-state index contributed by atoms with van der Waals surface area (Å²) in [6.45, 7) is 13.5. The van der Waals surface area contributed by atoms with Crippen molar-refractivity contribution < 1.29 is 0 Å². The minimum atomic E-state index is 0.832. The fourth-order valence-electron chi connectivity index (χ4n) is 0.965. The van der Waals surface area contributed by atoms with Gasteiger partial charge in [0.05, 0.1) is 11.4 Å². The summed E-state index contributed by atoms with van der Waals surface area (Å²) in [6, 6.07) is 5.73. The number of allylic oxidation sites excluding steroid dienone is 2. The van der Waals surface area contributed by atoms with E-state index in [1.165, 1.54) is 6.20 Å². The number of pyridine rings is 1. The standard InChI is InChI=1S/C11H12N2.2C2H6/c1-3-7-10(12-4-2)11-8-5-6-9-13-11;2*1-2/h3-9H,2H2,1H3;2*1-2H3/b7-3-,12-10?;;. The molecule has 0 spiro atoms. The highest BCUT2D eigenvalue weighted by molar-refractivity contribution is 6.07. The molecule has 0 saturated heterocycles. The molecule has 0 aliphatic rings. The highest BCUT2D eigenvalue weighted by Gasteiger charge is 1.97. The number of nitrogens with zero attached hydrogens (tertiary/aromatic N) is 2.